The molecule has 1 amide bonds. The Morgan fingerprint density at radius 2 is 1.86 bits per heavy atom. The summed E-state index contributed by atoms with van der Waals surface area (Å²) in [5.74, 6) is 1.09. The molecular formula is C20H18ClN7O. The molecule has 2 aromatic heterocycles. The van der Waals surface area contributed by atoms with Gasteiger partial charge in [0.05, 0.1) is 11.0 Å². The topological polar surface area (TPSA) is 98.8 Å². The van der Waals surface area contributed by atoms with Crippen molar-refractivity contribution < 1.29 is 4.79 Å². The van der Waals surface area contributed by atoms with Gasteiger partial charge >= 0.3 is 0 Å². The molecule has 1 saturated heterocycles. The Balaban J connectivity index is 1.60. The van der Waals surface area contributed by atoms with Gasteiger partial charge < -0.3 is 15.5 Å². The van der Waals surface area contributed by atoms with Gasteiger partial charge in [-0.15, -0.1) is 0 Å². The second-order valence-electron chi connectivity index (χ2n) is 6.84. The fourth-order valence-electron chi connectivity index (χ4n) is 3.47. The van der Waals surface area contributed by atoms with Crippen LogP contribution in [0.1, 0.15) is 10.6 Å². The number of halogens is 1. The van der Waals surface area contributed by atoms with E-state index in [1.807, 2.05) is 24.3 Å². The minimum atomic E-state index is -0.182. The lowest BCUT2D eigenvalue weighted by molar-refractivity contribution is 0.0724. The first-order valence-electron chi connectivity index (χ1n) is 9.36. The molecule has 0 radical (unpaired) electrons. The van der Waals surface area contributed by atoms with Crippen molar-refractivity contribution >= 4 is 50.9 Å². The number of anilines is 2. The first-order chi connectivity index (χ1) is 14.2. The van der Waals surface area contributed by atoms with E-state index in [1.165, 1.54) is 0 Å². The van der Waals surface area contributed by atoms with Crippen LogP contribution in [0.5, 0.6) is 0 Å². The first-order valence-corrected chi connectivity index (χ1v) is 9.74. The van der Waals surface area contributed by atoms with Gasteiger partial charge in [-0.25, -0.2) is 9.97 Å². The van der Waals surface area contributed by atoms with Crippen LogP contribution in [0.15, 0.2) is 42.5 Å². The highest BCUT2D eigenvalue weighted by Gasteiger charge is 2.22. The maximum atomic E-state index is 13.0. The number of nitrogens with zero attached hydrogens (tertiary/aromatic N) is 4. The number of aromatic nitrogens is 4. The molecule has 0 unspecified atom stereocenters. The smallest absolute Gasteiger partial charge is 0.291 e. The minimum absolute atomic E-state index is 0.157. The Hall–Kier alpha value is -3.23. The molecule has 1 aliphatic heterocycles. The zero-order valence-corrected chi connectivity index (χ0v) is 16.2. The number of H-pyrrole nitrogens is 1. The molecule has 2 aromatic carbocycles. The third-order valence-corrected chi connectivity index (χ3v) is 5.20. The predicted octanol–water partition coefficient (Wildman–Crippen LogP) is 2.95. The number of piperazine rings is 1. The molecule has 3 N–H and O–H groups in total. The van der Waals surface area contributed by atoms with Gasteiger partial charge in [0.2, 0.25) is 5.82 Å². The highest BCUT2D eigenvalue weighted by molar-refractivity contribution is 6.31. The SMILES string of the molecule is O=C(c1nc(Nc2n[nH]c3ccccc23)c2cc(Cl)ccc2n1)N1CCNCC1. The summed E-state index contributed by atoms with van der Waals surface area (Å²) in [7, 11) is 0. The number of carbonyl (C=O) groups is 1. The van der Waals surface area contributed by atoms with Crippen molar-refractivity contribution in [1.29, 1.82) is 0 Å². The number of hydrogen-bond acceptors (Lipinski definition) is 6. The van der Waals surface area contributed by atoms with E-state index in [9.17, 15) is 4.79 Å². The average Bonchev–Trinajstić information content (AvgIpc) is 3.17. The molecule has 1 aliphatic rings. The van der Waals surface area contributed by atoms with Crippen molar-refractivity contribution in [2.45, 2.75) is 0 Å². The summed E-state index contributed by atoms with van der Waals surface area (Å²) in [6.45, 7) is 2.79. The lowest BCUT2D eigenvalue weighted by Crippen LogP contribution is -2.46. The average molecular weight is 408 g/mol. The Bertz CT molecular complexity index is 1220. The van der Waals surface area contributed by atoms with E-state index in [0.29, 0.717) is 35.3 Å². The molecule has 9 heteroatoms. The van der Waals surface area contributed by atoms with Gasteiger partial charge in [0.1, 0.15) is 5.82 Å². The molecule has 5 rings (SSSR count). The fourth-order valence-corrected chi connectivity index (χ4v) is 3.64. The van der Waals surface area contributed by atoms with Crippen LogP contribution in [-0.4, -0.2) is 57.2 Å². The number of amides is 1. The van der Waals surface area contributed by atoms with Gasteiger partial charge in [0, 0.05) is 42.0 Å². The van der Waals surface area contributed by atoms with Gasteiger partial charge in [0.25, 0.3) is 5.91 Å². The summed E-state index contributed by atoms with van der Waals surface area (Å²) in [4.78, 5) is 23.8. The van der Waals surface area contributed by atoms with Gasteiger partial charge in [0.15, 0.2) is 5.82 Å². The Labute approximate surface area is 171 Å². The Morgan fingerprint density at radius 3 is 2.72 bits per heavy atom. The molecule has 0 bridgehead atoms. The highest BCUT2D eigenvalue weighted by Crippen LogP contribution is 2.29. The second-order valence-corrected chi connectivity index (χ2v) is 7.28. The lowest BCUT2D eigenvalue weighted by atomic mass is 10.2. The van der Waals surface area contributed by atoms with Crippen LogP contribution >= 0.6 is 11.6 Å². The van der Waals surface area contributed by atoms with Crippen molar-refractivity contribution in [3.8, 4) is 0 Å². The van der Waals surface area contributed by atoms with E-state index in [4.69, 9.17) is 11.6 Å². The lowest BCUT2D eigenvalue weighted by Gasteiger charge is -2.26. The molecule has 0 saturated carbocycles. The zero-order chi connectivity index (χ0) is 19.8. The third kappa shape index (κ3) is 3.37. The third-order valence-electron chi connectivity index (χ3n) is 4.96. The Morgan fingerprint density at radius 1 is 1.03 bits per heavy atom. The van der Waals surface area contributed by atoms with E-state index >= 15 is 0 Å². The fraction of sp³-hybridized carbons (Fsp3) is 0.200. The molecule has 0 spiro atoms. The van der Waals surface area contributed by atoms with Crippen LogP contribution in [0.2, 0.25) is 5.02 Å². The molecule has 8 nitrogen and oxygen atoms in total. The normalized spacial score (nSPS) is 14.4. The number of rotatable bonds is 3. The van der Waals surface area contributed by atoms with Gasteiger partial charge in [-0.3, -0.25) is 9.89 Å². The number of carbonyl (C=O) groups excluding carboxylic acids is 1. The van der Waals surface area contributed by atoms with Crippen molar-refractivity contribution in [3.05, 3.63) is 53.3 Å². The molecule has 1 fully saturated rings. The molecule has 4 aromatic rings. The summed E-state index contributed by atoms with van der Waals surface area (Å²) in [6.07, 6.45) is 0. The molecule has 3 heterocycles. The summed E-state index contributed by atoms with van der Waals surface area (Å²) in [5.41, 5.74) is 1.55. The van der Waals surface area contributed by atoms with Gasteiger partial charge in [-0.05, 0) is 30.3 Å². The van der Waals surface area contributed by atoms with Crippen molar-refractivity contribution in [3.63, 3.8) is 0 Å². The van der Waals surface area contributed by atoms with Crippen LogP contribution < -0.4 is 10.6 Å². The van der Waals surface area contributed by atoms with E-state index < -0.39 is 0 Å². The number of fused-ring (bicyclic) bond motifs is 2. The molecule has 0 atom stereocenters. The monoisotopic (exact) mass is 407 g/mol. The van der Waals surface area contributed by atoms with Crippen molar-refractivity contribution in [2.24, 2.45) is 0 Å². The van der Waals surface area contributed by atoms with E-state index in [1.54, 1.807) is 23.1 Å². The molecule has 146 valence electrons. The van der Waals surface area contributed by atoms with Crippen LogP contribution in [0.4, 0.5) is 11.6 Å². The van der Waals surface area contributed by atoms with E-state index in [2.05, 4.69) is 30.8 Å². The molecule has 29 heavy (non-hydrogen) atoms. The quantitative estimate of drug-likeness (QED) is 0.483. The van der Waals surface area contributed by atoms with Crippen LogP contribution in [0.25, 0.3) is 21.8 Å². The Kier molecular flexibility index (Phi) is 4.49. The van der Waals surface area contributed by atoms with E-state index in [0.717, 1.165) is 29.4 Å². The second kappa shape index (κ2) is 7.31. The van der Waals surface area contributed by atoms with Crippen LogP contribution in [0, 0.1) is 0 Å². The maximum absolute atomic E-state index is 13.0. The summed E-state index contributed by atoms with van der Waals surface area (Å²) in [5, 5.41) is 16.1. The number of benzene rings is 2. The number of aromatic amines is 1. The minimum Gasteiger partial charge on any atom is -0.333 e. The highest BCUT2D eigenvalue weighted by atomic mass is 35.5. The number of hydrogen-bond donors (Lipinski definition) is 3. The van der Waals surface area contributed by atoms with Crippen molar-refractivity contribution in [2.75, 3.05) is 31.5 Å². The molecular weight excluding hydrogens is 390 g/mol. The standard InChI is InChI=1S/C20H18ClN7O/c21-12-5-6-15-14(11-12)17(24-18-13-3-1-2-4-16(13)26-27-18)25-19(23-15)20(29)28-9-7-22-8-10-28/h1-6,11,22H,7-10H2,(H2,23,24,25,26,27). The number of para-hydroxylation sites is 1. The van der Waals surface area contributed by atoms with Crippen LogP contribution in [-0.2, 0) is 0 Å². The van der Waals surface area contributed by atoms with Gasteiger partial charge in [-0.1, -0.05) is 23.7 Å². The van der Waals surface area contributed by atoms with E-state index in [-0.39, 0.29) is 11.7 Å². The van der Waals surface area contributed by atoms with Crippen molar-refractivity contribution in [1.82, 2.24) is 30.4 Å². The largest absolute Gasteiger partial charge is 0.333 e. The summed E-state index contributed by atoms with van der Waals surface area (Å²) >= 11 is 6.20. The maximum Gasteiger partial charge on any atom is 0.291 e. The van der Waals surface area contributed by atoms with Crippen LogP contribution in [0.3, 0.4) is 0 Å². The zero-order valence-electron chi connectivity index (χ0n) is 15.4. The molecule has 0 aliphatic carbocycles. The van der Waals surface area contributed by atoms with Gasteiger partial charge in [-0.2, -0.15) is 5.10 Å². The summed E-state index contributed by atoms with van der Waals surface area (Å²) < 4.78 is 0. The first kappa shape index (κ1) is 17.8. The summed E-state index contributed by atoms with van der Waals surface area (Å²) in [6, 6.07) is 13.1. The number of nitrogens with one attached hydrogen (secondary N) is 3. The predicted molar refractivity (Wildman–Crippen MR) is 113 cm³/mol.